The number of hydrogen-bond donors (Lipinski definition) is 4. The maximum absolute atomic E-state index is 13.4. The summed E-state index contributed by atoms with van der Waals surface area (Å²) in [5.41, 5.74) is 1.10. The lowest BCUT2D eigenvalue weighted by molar-refractivity contribution is -0.122. The molecule has 3 aromatic carbocycles. The van der Waals surface area contributed by atoms with Crippen molar-refractivity contribution in [1.29, 1.82) is 5.41 Å². The Morgan fingerprint density at radius 3 is 2.16 bits per heavy atom. The van der Waals surface area contributed by atoms with E-state index in [9.17, 15) is 22.8 Å². The molecule has 0 aliphatic carbocycles. The van der Waals surface area contributed by atoms with E-state index in [1.54, 1.807) is 85.7 Å². The van der Waals surface area contributed by atoms with Crippen molar-refractivity contribution in [3.8, 4) is 5.75 Å². The van der Waals surface area contributed by atoms with Crippen molar-refractivity contribution >= 4 is 39.8 Å². The molecule has 3 amide bonds. The number of alkyl carbamates (subject to hydrolysis) is 1. The van der Waals surface area contributed by atoms with Crippen LogP contribution in [0.25, 0.3) is 0 Å². The highest BCUT2D eigenvalue weighted by molar-refractivity contribution is 7.92. The van der Waals surface area contributed by atoms with Gasteiger partial charge < -0.3 is 19.5 Å². The van der Waals surface area contributed by atoms with Crippen molar-refractivity contribution in [2.24, 2.45) is 0 Å². The average molecular weight is 726 g/mol. The lowest BCUT2D eigenvalue weighted by Gasteiger charge is -2.27. The van der Waals surface area contributed by atoms with Crippen molar-refractivity contribution in [3.05, 3.63) is 89.0 Å². The Kier molecular flexibility index (Phi) is 13.6. The van der Waals surface area contributed by atoms with Gasteiger partial charge in [0, 0.05) is 12.1 Å². The summed E-state index contributed by atoms with van der Waals surface area (Å²) in [4.78, 5) is 43.8. The number of nitrogens with one attached hydrogen (secondary N) is 4. The molecule has 0 radical (unpaired) electrons. The number of carbonyl (C=O) groups excluding carboxylic acids is 3. The molecule has 51 heavy (non-hydrogen) atoms. The Balaban J connectivity index is 1.77. The van der Waals surface area contributed by atoms with Crippen LogP contribution in [0.2, 0.25) is 0 Å². The molecule has 276 valence electrons. The first-order chi connectivity index (χ1) is 23.7. The molecule has 0 heterocycles. The zero-order valence-electron chi connectivity index (χ0n) is 30.2. The third-order valence-electron chi connectivity index (χ3n) is 6.63. The summed E-state index contributed by atoms with van der Waals surface area (Å²) in [5, 5.41) is 13.5. The highest BCUT2D eigenvalue weighted by atomic mass is 32.2. The van der Waals surface area contributed by atoms with Gasteiger partial charge in [-0.25, -0.2) is 18.0 Å². The van der Waals surface area contributed by atoms with Gasteiger partial charge >= 0.3 is 12.2 Å². The number of guanidine groups is 1. The van der Waals surface area contributed by atoms with Gasteiger partial charge in [-0.15, -0.1) is 5.06 Å². The van der Waals surface area contributed by atoms with Crippen molar-refractivity contribution in [2.75, 3.05) is 17.9 Å². The highest BCUT2D eigenvalue weighted by Crippen LogP contribution is 2.34. The first-order valence-electron chi connectivity index (χ1n) is 16.1. The molecule has 0 aromatic heterocycles. The number of benzene rings is 3. The molecule has 0 fully saturated rings. The number of hydroxylamine groups is 2. The standard InChI is InChI=1S/C36H47N5O9S/c1-24-13-12-16-27(21-24)51(45,46)40-29-18-17-25(2)28(31(29)47-23-26-14-10-9-11-15-26)22-30(42)38-19-20-48-41(34(44)50-36(6,7)8)32(37)39-33(43)49-35(3,4)5/h9-18,21,40H,19-20,22-23H2,1-8H3,(H,38,42)(H2,37,39,43). The third-order valence-corrected chi connectivity index (χ3v) is 7.99. The Hall–Kier alpha value is -5.15. The van der Waals surface area contributed by atoms with E-state index in [1.165, 1.54) is 6.07 Å². The maximum Gasteiger partial charge on any atom is 0.442 e. The van der Waals surface area contributed by atoms with Gasteiger partial charge in [0.1, 0.15) is 23.6 Å². The normalized spacial score (nSPS) is 11.6. The fourth-order valence-electron chi connectivity index (χ4n) is 4.42. The molecule has 4 N–H and O–H groups in total. The smallest absolute Gasteiger partial charge is 0.442 e. The summed E-state index contributed by atoms with van der Waals surface area (Å²) >= 11 is 0. The predicted octanol–water partition coefficient (Wildman–Crippen LogP) is 5.97. The van der Waals surface area contributed by atoms with Gasteiger partial charge in [0.25, 0.3) is 10.0 Å². The zero-order valence-corrected chi connectivity index (χ0v) is 31.0. The lowest BCUT2D eigenvalue weighted by Crippen LogP contribution is -2.50. The van der Waals surface area contributed by atoms with Gasteiger partial charge in [-0.1, -0.05) is 48.5 Å². The predicted molar refractivity (Wildman–Crippen MR) is 192 cm³/mol. The summed E-state index contributed by atoms with van der Waals surface area (Å²) in [7, 11) is -4.01. The number of carbonyl (C=O) groups is 3. The first-order valence-corrected chi connectivity index (χ1v) is 17.6. The minimum absolute atomic E-state index is 0.0752. The Morgan fingerprint density at radius 1 is 0.863 bits per heavy atom. The molecule has 0 aliphatic heterocycles. The SMILES string of the molecule is Cc1cccc(S(=O)(=O)Nc2ccc(C)c(CC(=O)NCCON(C(=N)NC(=O)OC(C)(C)C)C(=O)OC(C)(C)C)c2OCc2ccccc2)c1. The van der Waals surface area contributed by atoms with Gasteiger partial charge in [-0.3, -0.25) is 25.1 Å². The molecule has 0 atom stereocenters. The van der Waals surface area contributed by atoms with Crippen LogP contribution in [-0.4, -0.2) is 61.9 Å². The van der Waals surface area contributed by atoms with Crippen LogP contribution in [0.4, 0.5) is 15.3 Å². The monoisotopic (exact) mass is 725 g/mol. The molecule has 14 nitrogen and oxygen atoms in total. The molecule has 3 aromatic rings. The van der Waals surface area contributed by atoms with Crippen LogP contribution in [0.15, 0.2) is 71.6 Å². The average Bonchev–Trinajstić information content (AvgIpc) is 3.00. The maximum atomic E-state index is 13.4. The fraction of sp³-hybridized carbons (Fsp3) is 0.389. The highest BCUT2D eigenvalue weighted by Gasteiger charge is 2.29. The van der Waals surface area contributed by atoms with Crippen molar-refractivity contribution in [3.63, 3.8) is 0 Å². The summed E-state index contributed by atoms with van der Waals surface area (Å²) in [6.07, 6.45) is -2.25. The molecule has 0 saturated heterocycles. The lowest BCUT2D eigenvalue weighted by atomic mass is 10.0. The van der Waals surface area contributed by atoms with Crippen LogP contribution < -0.4 is 20.1 Å². The van der Waals surface area contributed by atoms with E-state index in [0.717, 1.165) is 11.1 Å². The van der Waals surface area contributed by atoms with Gasteiger partial charge in [0.2, 0.25) is 11.9 Å². The van der Waals surface area contributed by atoms with E-state index in [0.29, 0.717) is 16.2 Å². The second-order valence-corrected chi connectivity index (χ2v) is 15.2. The number of sulfonamides is 1. The molecule has 0 aliphatic rings. The van der Waals surface area contributed by atoms with Crippen LogP contribution in [0.3, 0.4) is 0 Å². The Labute approximate surface area is 299 Å². The van der Waals surface area contributed by atoms with Crippen LogP contribution >= 0.6 is 0 Å². The second kappa shape index (κ2) is 17.2. The second-order valence-electron chi connectivity index (χ2n) is 13.5. The molecular weight excluding hydrogens is 678 g/mol. The number of anilines is 1. The quantitative estimate of drug-likeness (QED) is 0.0756. The van der Waals surface area contributed by atoms with Crippen LogP contribution in [0.5, 0.6) is 5.75 Å². The number of hydrogen-bond acceptors (Lipinski definition) is 10. The third kappa shape index (κ3) is 13.2. The summed E-state index contributed by atoms with van der Waals surface area (Å²) < 4.78 is 46.0. The fourth-order valence-corrected chi connectivity index (χ4v) is 5.59. The van der Waals surface area contributed by atoms with E-state index >= 15 is 0 Å². The van der Waals surface area contributed by atoms with Gasteiger partial charge in [-0.2, -0.15) is 0 Å². The molecule has 0 saturated carbocycles. The topological polar surface area (TPSA) is 185 Å². The molecule has 3 rings (SSSR count). The van der Waals surface area contributed by atoms with Crippen molar-refractivity contribution in [2.45, 2.75) is 84.5 Å². The van der Waals surface area contributed by atoms with Crippen LogP contribution in [0.1, 0.15) is 63.8 Å². The summed E-state index contributed by atoms with van der Waals surface area (Å²) in [6.45, 7) is 13.1. The number of aryl methyl sites for hydroxylation is 2. The largest absolute Gasteiger partial charge is 0.486 e. The zero-order chi connectivity index (χ0) is 38.0. The minimum atomic E-state index is -4.01. The number of nitrogens with zero attached hydrogens (tertiary/aromatic N) is 1. The van der Waals surface area contributed by atoms with Crippen molar-refractivity contribution < 1.29 is 41.8 Å². The van der Waals surface area contributed by atoms with E-state index in [2.05, 4.69) is 15.4 Å². The summed E-state index contributed by atoms with van der Waals surface area (Å²) in [6, 6.07) is 19.1. The minimum Gasteiger partial charge on any atom is -0.486 e. The van der Waals surface area contributed by atoms with Gasteiger partial charge in [0.15, 0.2) is 0 Å². The molecule has 0 spiro atoms. The number of rotatable bonds is 12. The van der Waals surface area contributed by atoms with Crippen LogP contribution in [-0.2, 0) is 42.2 Å². The molecule has 0 bridgehead atoms. The number of ether oxygens (including phenoxy) is 3. The van der Waals surface area contributed by atoms with Crippen LogP contribution in [0, 0.1) is 19.3 Å². The molecular formula is C36H47N5O9S. The summed E-state index contributed by atoms with van der Waals surface area (Å²) in [5.74, 6) is -1.03. The van der Waals surface area contributed by atoms with E-state index in [-0.39, 0.29) is 42.5 Å². The Bertz CT molecular complexity index is 1820. The first kappa shape index (κ1) is 40.3. The molecule has 15 heteroatoms. The van der Waals surface area contributed by atoms with Crippen molar-refractivity contribution in [1.82, 2.24) is 15.7 Å². The van der Waals surface area contributed by atoms with Gasteiger partial charge in [-0.05, 0) is 90.3 Å². The molecule has 0 unspecified atom stereocenters. The van der Waals surface area contributed by atoms with E-state index in [1.807, 2.05) is 30.3 Å². The number of amides is 3. The Morgan fingerprint density at radius 2 is 1.53 bits per heavy atom. The van der Waals surface area contributed by atoms with E-state index in [4.69, 9.17) is 24.5 Å². The van der Waals surface area contributed by atoms with Gasteiger partial charge in [0.05, 0.1) is 23.6 Å². The van der Waals surface area contributed by atoms with E-state index < -0.39 is 45.3 Å².